The Labute approximate surface area is 133 Å². The third-order valence-electron chi connectivity index (χ3n) is 3.32. The van der Waals surface area contributed by atoms with Gasteiger partial charge in [0.05, 0.1) is 0 Å². The van der Waals surface area contributed by atoms with Crippen LogP contribution in [-0.4, -0.2) is 9.55 Å². The molecule has 0 aliphatic carbocycles. The van der Waals surface area contributed by atoms with Gasteiger partial charge in [-0.1, -0.05) is 36.7 Å². The molecule has 1 aromatic heterocycles. The molecule has 0 fully saturated rings. The quantitative estimate of drug-likeness (QED) is 0.833. The monoisotopic (exact) mass is 353 g/mol. The average Bonchev–Trinajstić information content (AvgIpc) is 2.70. The molecule has 2 rings (SSSR count). The molecule has 1 heterocycles. The second kappa shape index (κ2) is 5.44. The van der Waals surface area contributed by atoms with Crippen LogP contribution in [0.25, 0.3) is 11.3 Å². The summed E-state index contributed by atoms with van der Waals surface area (Å²) in [5.41, 5.74) is 7.03. The summed E-state index contributed by atoms with van der Waals surface area (Å²) in [6.07, 6.45) is 0. The van der Waals surface area contributed by atoms with Crippen LogP contribution in [0.5, 0.6) is 0 Å². The van der Waals surface area contributed by atoms with Gasteiger partial charge in [-0.05, 0) is 32.0 Å². The highest BCUT2D eigenvalue weighted by molar-refractivity contribution is 9.10. The molecule has 21 heavy (non-hydrogen) atoms. The highest BCUT2D eigenvalue weighted by atomic mass is 79.9. The minimum absolute atomic E-state index is 0.163. The zero-order valence-electron chi connectivity index (χ0n) is 13.0. The van der Waals surface area contributed by atoms with Gasteiger partial charge in [-0.15, -0.1) is 0 Å². The molecule has 0 radical (unpaired) electrons. The zero-order chi connectivity index (χ0) is 15.9. The molecular weight excluding hydrogens is 333 g/mol. The number of halogens is 2. The van der Waals surface area contributed by atoms with E-state index in [1.165, 1.54) is 6.07 Å². The average molecular weight is 354 g/mol. The summed E-state index contributed by atoms with van der Waals surface area (Å²) in [6, 6.07) is 4.96. The minimum atomic E-state index is -0.321. The maximum Gasteiger partial charge on any atom is 0.132 e. The van der Waals surface area contributed by atoms with E-state index in [-0.39, 0.29) is 17.3 Å². The predicted molar refractivity (Wildman–Crippen MR) is 88.8 cm³/mol. The summed E-state index contributed by atoms with van der Waals surface area (Å²) in [4.78, 5) is 4.65. The largest absolute Gasteiger partial charge is 0.383 e. The van der Waals surface area contributed by atoms with Crippen LogP contribution in [0.4, 0.5) is 10.2 Å². The SMILES string of the molecule is CC(C)n1c(C(C)(C)C)nc(-c2cc(Br)ccc2F)c1N. The van der Waals surface area contributed by atoms with E-state index < -0.39 is 0 Å². The van der Waals surface area contributed by atoms with Crippen LogP contribution in [0, 0.1) is 5.82 Å². The summed E-state index contributed by atoms with van der Waals surface area (Å²) >= 11 is 3.37. The second-order valence-corrected chi connectivity index (χ2v) is 7.42. The molecule has 0 aliphatic rings. The Morgan fingerprint density at radius 2 is 1.90 bits per heavy atom. The maximum absolute atomic E-state index is 14.1. The van der Waals surface area contributed by atoms with E-state index in [2.05, 4.69) is 41.7 Å². The summed E-state index contributed by atoms with van der Waals surface area (Å²) in [7, 11) is 0. The third kappa shape index (κ3) is 2.98. The van der Waals surface area contributed by atoms with Gasteiger partial charge < -0.3 is 10.3 Å². The molecule has 0 bridgehead atoms. The van der Waals surface area contributed by atoms with Crippen molar-refractivity contribution in [2.24, 2.45) is 0 Å². The summed E-state index contributed by atoms with van der Waals surface area (Å²) < 4.78 is 16.9. The number of anilines is 1. The molecule has 0 aliphatic heterocycles. The Morgan fingerprint density at radius 1 is 1.29 bits per heavy atom. The molecule has 2 aromatic rings. The number of benzene rings is 1. The van der Waals surface area contributed by atoms with E-state index in [4.69, 9.17) is 5.73 Å². The Kier molecular flexibility index (Phi) is 4.15. The smallest absolute Gasteiger partial charge is 0.132 e. The standard InChI is InChI=1S/C16H21BrFN3/c1-9(2)21-14(19)13(20-15(21)16(3,4)5)11-8-10(17)6-7-12(11)18/h6-9H,19H2,1-5H3. The first kappa shape index (κ1) is 16.0. The van der Waals surface area contributed by atoms with Gasteiger partial charge in [0.25, 0.3) is 0 Å². The first-order chi connectivity index (χ1) is 9.62. The van der Waals surface area contributed by atoms with E-state index >= 15 is 0 Å². The van der Waals surface area contributed by atoms with Gasteiger partial charge >= 0.3 is 0 Å². The lowest BCUT2D eigenvalue weighted by molar-refractivity contribution is 0.473. The van der Waals surface area contributed by atoms with Gasteiger partial charge in [-0.2, -0.15) is 0 Å². The summed E-state index contributed by atoms with van der Waals surface area (Å²) in [5.74, 6) is 1.05. The second-order valence-electron chi connectivity index (χ2n) is 6.51. The third-order valence-corrected chi connectivity index (χ3v) is 3.81. The van der Waals surface area contributed by atoms with E-state index in [1.54, 1.807) is 12.1 Å². The molecule has 0 saturated heterocycles. The number of nitrogen functional groups attached to an aromatic ring is 1. The predicted octanol–water partition coefficient (Wildman–Crippen LogP) is 4.91. The molecule has 2 N–H and O–H groups in total. The molecule has 114 valence electrons. The van der Waals surface area contributed by atoms with Crippen LogP contribution in [0.3, 0.4) is 0 Å². The molecule has 0 amide bonds. The molecule has 0 atom stereocenters. The van der Waals surface area contributed by atoms with Crippen molar-refractivity contribution in [1.29, 1.82) is 0 Å². The van der Waals surface area contributed by atoms with E-state index in [9.17, 15) is 4.39 Å². The Morgan fingerprint density at radius 3 is 2.38 bits per heavy atom. The molecule has 3 nitrogen and oxygen atoms in total. The highest BCUT2D eigenvalue weighted by Gasteiger charge is 2.27. The fourth-order valence-corrected chi connectivity index (χ4v) is 2.74. The van der Waals surface area contributed by atoms with Crippen LogP contribution in [0.15, 0.2) is 22.7 Å². The normalized spacial score (nSPS) is 12.2. The van der Waals surface area contributed by atoms with Crippen molar-refractivity contribution in [3.05, 3.63) is 34.3 Å². The first-order valence-electron chi connectivity index (χ1n) is 6.96. The van der Waals surface area contributed by atoms with Crippen LogP contribution in [-0.2, 0) is 5.41 Å². The lowest BCUT2D eigenvalue weighted by Gasteiger charge is -2.22. The van der Waals surface area contributed by atoms with Crippen molar-refractivity contribution in [3.8, 4) is 11.3 Å². The summed E-state index contributed by atoms with van der Waals surface area (Å²) in [6.45, 7) is 10.3. The number of rotatable bonds is 2. The molecule has 0 unspecified atom stereocenters. The van der Waals surface area contributed by atoms with Crippen LogP contribution in [0.2, 0.25) is 0 Å². The van der Waals surface area contributed by atoms with Gasteiger partial charge in [0.15, 0.2) is 0 Å². The Bertz CT molecular complexity index is 669. The van der Waals surface area contributed by atoms with Crippen LogP contribution >= 0.6 is 15.9 Å². The fraction of sp³-hybridized carbons (Fsp3) is 0.438. The Balaban J connectivity index is 2.74. The van der Waals surface area contributed by atoms with E-state index in [0.717, 1.165) is 10.3 Å². The number of hydrogen-bond acceptors (Lipinski definition) is 2. The summed E-state index contributed by atoms with van der Waals surface area (Å²) in [5, 5.41) is 0. The molecule has 5 heteroatoms. The van der Waals surface area contributed by atoms with Crippen molar-refractivity contribution in [3.63, 3.8) is 0 Å². The van der Waals surface area contributed by atoms with Crippen molar-refractivity contribution in [1.82, 2.24) is 9.55 Å². The molecule has 0 saturated carbocycles. The van der Waals surface area contributed by atoms with E-state index in [0.29, 0.717) is 17.1 Å². The number of nitrogens with zero attached hydrogens (tertiary/aromatic N) is 2. The zero-order valence-corrected chi connectivity index (χ0v) is 14.6. The van der Waals surface area contributed by atoms with Crippen LogP contribution < -0.4 is 5.73 Å². The van der Waals surface area contributed by atoms with Crippen molar-refractivity contribution in [2.45, 2.75) is 46.1 Å². The van der Waals surface area contributed by atoms with Gasteiger partial charge in [-0.25, -0.2) is 9.37 Å². The maximum atomic E-state index is 14.1. The number of imidazole rings is 1. The minimum Gasteiger partial charge on any atom is -0.383 e. The van der Waals surface area contributed by atoms with Gasteiger partial charge in [-0.3, -0.25) is 0 Å². The molecular formula is C16H21BrFN3. The topological polar surface area (TPSA) is 43.8 Å². The van der Waals surface area contributed by atoms with Crippen molar-refractivity contribution in [2.75, 3.05) is 5.73 Å². The molecule has 1 aromatic carbocycles. The number of aromatic nitrogens is 2. The number of nitrogens with two attached hydrogens (primary N) is 1. The van der Waals surface area contributed by atoms with E-state index in [1.807, 2.05) is 18.4 Å². The Hall–Kier alpha value is -1.36. The first-order valence-corrected chi connectivity index (χ1v) is 7.75. The highest BCUT2D eigenvalue weighted by Crippen LogP contribution is 2.36. The fourth-order valence-electron chi connectivity index (χ4n) is 2.37. The lowest BCUT2D eigenvalue weighted by atomic mass is 9.95. The molecule has 0 spiro atoms. The van der Waals surface area contributed by atoms with Crippen molar-refractivity contribution >= 4 is 21.7 Å². The van der Waals surface area contributed by atoms with Gasteiger partial charge in [0.1, 0.15) is 23.2 Å². The van der Waals surface area contributed by atoms with Gasteiger partial charge in [0.2, 0.25) is 0 Å². The van der Waals surface area contributed by atoms with Crippen LogP contribution in [0.1, 0.15) is 46.5 Å². The van der Waals surface area contributed by atoms with Crippen molar-refractivity contribution < 1.29 is 4.39 Å². The number of hydrogen-bond donors (Lipinski definition) is 1. The lowest BCUT2D eigenvalue weighted by Crippen LogP contribution is -2.21. The van der Waals surface area contributed by atoms with Gasteiger partial charge in [0, 0.05) is 21.5 Å².